The summed E-state index contributed by atoms with van der Waals surface area (Å²) in [4.78, 5) is 5.96. The van der Waals surface area contributed by atoms with E-state index in [-0.39, 0.29) is 6.54 Å². The molecule has 0 saturated heterocycles. The average molecular weight is 299 g/mol. The van der Waals surface area contributed by atoms with Crippen molar-refractivity contribution in [2.45, 2.75) is 19.9 Å². The fourth-order valence-corrected chi connectivity index (χ4v) is 2.36. The summed E-state index contributed by atoms with van der Waals surface area (Å²) >= 11 is 4.80. The zero-order valence-corrected chi connectivity index (χ0v) is 10.8. The molecule has 86 valence electrons. The summed E-state index contributed by atoms with van der Waals surface area (Å²) in [5.41, 5.74) is 0.874. The van der Waals surface area contributed by atoms with Gasteiger partial charge in [-0.3, -0.25) is 4.90 Å². The Morgan fingerprint density at radius 1 is 1.60 bits per heavy atom. The summed E-state index contributed by atoms with van der Waals surface area (Å²) in [7, 11) is 0. The van der Waals surface area contributed by atoms with Gasteiger partial charge in [-0.1, -0.05) is 15.9 Å². The molecule has 0 aliphatic carbocycles. The standard InChI is InChI=1S/C9H13BrF2N2S/c1-7-13-8(6-15-7)4-14(3-2-10)5-9(11)12/h6,9H,2-5H2,1H3. The van der Waals surface area contributed by atoms with Gasteiger partial charge in [0, 0.05) is 23.8 Å². The van der Waals surface area contributed by atoms with E-state index in [0.29, 0.717) is 18.4 Å². The first-order valence-electron chi connectivity index (χ1n) is 4.59. The van der Waals surface area contributed by atoms with Gasteiger partial charge in [-0.2, -0.15) is 0 Å². The molecule has 0 amide bonds. The van der Waals surface area contributed by atoms with Crippen molar-refractivity contribution in [2.24, 2.45) is 0 Å². The minimum Gasteiger partial charge on any atom is -0.291 e. The van der Waals surface area contributed by atoms with Gasteiger partial charge in [0.2, 0.25) is 0 Å². The molecule has 0 unspecified atom stereocenters. The maximum absolute atomic E-state index is 12.2. The van der Waals surface area contributed by atoms with Crippen molar-refractivity contribution in [3.8, 4) is 0 Å². The molecule has 1 aromatic heterocycles. The van der Waals surface area contributed by atoms with Crippen LogP contribution in [0.15, 0.2) is 5.38 Å². The van der Waals surface area contributed by atoms with E-state index in [4.69, 9.17) is 0 Å². The first kappa shape index (κ1) is 13.0. The van der Waals surface area contributed by atoms with Crippen LogP contribution in [0.5, 0.6) is 0 Å². The lowest BCUT2D eigenvalue weighted by Crippen LogP contribution is -2.30. The number of thiazole rings is 1. The molecule has 0 spiro atoms. The van der Waals surface area contributed by atoms with E-state index in [1.54, 1.807) is 16.2 Å². The fourth-order valence-electron chi connectivity index (χ4n) is 1.26. The quantitative estimate of drug-likeness (QED) is 0.751. The Morgan fingerprint density at radius 2 is 2.33 bits per heavy atom. The van der Waals surface area contributed by atoms with Crippen LogP contribution in [-0.4, -0.2) is 34.7 Å². The molecule has 6 heteroatoms. The summed E-state index contributed by atoms with van der Waals surface area (Å²) in [6.07, 6.45) is -2.29. The molecule has 2 nitrogen and oxygen atoms in total. The predicted octanol–water partition coefficient (Wildman–Crippen LogP) is 2.91. The SMILES string of the molecule is Cc1nc(CN(CCBr)CC(F)F)cs1. The van der Waals surface area contributed by atoms with E-state index in [9.17, 15) is 8.78 Å². The molecule has 0 aromatic carbocycles. The van der Waals surface area contributed by atoms with Crippen molar-refractivity contribution in [1.29, 1.82) is 0 Å². The summed E-state index contributed by atoms with van der Waals surface area (Å²) in [6.45, 7) is 2.83. The lowest BCUT2D eigenvalue weighted by atomic mass is 10.4. The van der Waals surface area contributed by atoms with Crippen LogP contribution in [0.2, 0.25) is 0 Å². The third kappa shape index (κ3) is 4.99. The minimum atomic E-state index is -2.29. The van der Waals surface area contributed by atoms with Crippen LogP contribution in [0, 0.1) is 6.92 Å². The van der Waals surface area contributed by atoms with Crippen molar-refractivity contribution in [3.63, 3.8) is 0 Å². The maximum Gasteiger partial charge on any atom is 0.251 e. The van der Waals surface area contributed by atoms with Crippen molar-refractivity contribution < 1.29 is 8.78 Å². The number of halogens is 3. The highest BCUT2D eigenvalue weighted by molar-refractivity contribution is 9.09. The van der Waals surface area contributed by atoms with E-state index < -0.39 is 6.43 Å². The van der Waals surface area contributed by atoms with Crippen LogP contribution in [0.25, 0.3) is 0 Å². The van der Waals surface area contributed by atoms with E-state index in [2.05, 4.69) is 20.9 Å². The number of aromatic nitrogens is 1. The number of rotatable bonds is 6. The highest BCUT2D eigenvalue weighted by atomic mass is 79.9. The van der Waals surface area contributed by atoms with Crippen molar-refractivity contribution in [2.75, 3.05) is 18.4 Å². The normalized spacial score (nSPS) is 11.6. The van der Waals surface area contributed by atoms with E-state index in [1.807, 2.05) is 12.3 Å². The van der Waals surface area contributed by atoms with Gasteiger partial charge >= 0.3 is 0 Å². The highest BCUT2D eigenvalue weighted by Gasteiger charge is 2.12. The number of hydrogen-bond acceptors (Lipinski definition) is 3. The number of aryl methyl sites for hydroxylation is 1. The Morgan fingerprint density at radius 3 is 2.80 bits per heavy atom. The van der Waals surface area contributed by atoms with Crippen molar-refractivity contribution in [3.05, 3.63) is 16.1 Å². The second kappa shape index (κ2) is 6.50. The summed E-state index contributed by atoms with van der Waals surface area (Å²) in [6, 6.07) is 0. The van der Waals surface area contributed by atoms with Crippen molar-refractivity contribution >= 4 is 27.3 Å². The molecule has 1 rings (SSSR count). The molecule has 0 fully saturated rings. The zero-order valence-electron chi connectivity index (χ0n) is 8.42. The van der Waals surface area contributed by atoms with Gasteiger partial charge in [-0.25, -0.2) is 13.8 Å². The number of hydrogen-bond donors (Lipinski definition) is 0. The maximum atomic E-state index is 12.2. The van der Waals surface area contributed by atoms with Crippen LogP contribution >= 0.6 is 27.3 Å². The second-order valence-corrected chi connectivity index (χ2v) is 5.03. The first-order chi connectivity index (χ1) is 7.11. The third-order valence-corrected chi connectivity index (χ3v) is 3.03. The highest BCUT2D eigenvalue weighted by Crippen LogP contribution is 2.11. The van der Waals surface area contributed by atoms with Crippen LogP contribution in [0.1, 0.15) is 10.7 Å². The van der Waals surface area contributed by atoms with Gasteiger partial charge in [0.05, 0.1) is 17.2 Å². The Bertz CT molecular complexity index is 293. The summed E-state index contributed by atoms with van der Waals surface area (Å²) in [5.74, 6) is 0. The molecule has 0 atom stereocenters. The lowest BCUT2D eigenvalue weighted by Gasteiger charge is -2.19. The summed E-state index contributed by atoms with van der Waals surface area (Å²) < 4.78 is 24.5. The van der Waals surface area contributed by atoms with Gasteiger partial charge in [0.15, 0.2) is 0 Å². The monoisotopic (exact) mass is 298 g/mol. The lowest BCUT2D eigenvalue weighted by molar-refractivity contribution is 0.0876. The van der Waals surface area contributed by atoms with E-state index in [1.165, 1.54) is 0 Å². The fraction of sp³-hybridized carbons (Fsp3) is 0.667. The van der Waals surface area contributed by atoms with E-state index in [0.717, 1.165) is 10.7 Å². The molecular weight excluding hydrogens is 286 g/mol. The van der Waals surface area contributed by atoms with Gasteiger partial charge < -0.3 is 0 Å². The Kier molecular flexibility index (Phi) is 5.63. The van der Waals surface area contributed by atoms with Crippen LogP contribution in [0.4, 0.5) is 8.78 Å². The average Bonchev–Trinajstić information content (AvgIpc) is 2.50. The van der Waals surface area contributed by atoms with Gasteiger partial charge in [0.1, 0.15) is 0 Å². The second-order valence-electron chi connectivity index (χ2n) is 3.17. The largest absolute Gasteiger partial charge is 0.291 e. The molecule has 1 heterocycles. The molecule has 1 aromatic rings. The predicted molar refractivity (Wildman–Crippen MR) is 61.9 cm³/mol. The van der Waals surface area contributed by atoms with Crippen LogP contribution < -0.4 is 0 Å². The van der Waals surface area contributed by atoms with E-state index >= 15 is 0 Å². The topological polar surface area (TPSA) is 16.1 Å². The summed E-state index contributed by atoms with van der Waals surface area (Å²) in [5, 5.41) is 3.59. The van der Waals surface area contributed by atoms with Gasteiger partial charge in [-0.15, -0.1) is 11.3 Å². The molecule has 15 heavy (non-hydrogen) atoms. The Labute approximate surface area is 100 Å². The number of alkyl halides is 3. The molecule has 0 saturated carbocycles. The molecular formula is C9H13BrF2N2S. The smallest absolute Gasteiger partial charge is 0.251 e. The van der Waals surface area contributed by atoms with Gasteiger partial charge in [-0.05, 0) is 6.92 Å². The van der Waals surface area contributed by atoms with Crippen LogP contribution in [-0.2, 0) is 6.54 Å². The Balaban J connectivity index is 2.50. The van der Waals surface area contributed by atoms with Crippen molar-refractivity contribution in [1.82, 2.24) is 9.88 Å². The molecule has 0 aliphatic heterocycles. The number of nitrogens with zero attached hydrogens (tertiary/aromatic N) is 2. The first-order valence-corrected chi connectivity index (χ1v) is 6.59. The van der Waals surface area contributed by atoms with Crippen LogP contribution in [0.3, 0.4) is 0 Å². The third-order valence-electron chi connectivity index (χ3n) is 1.85. The molecule has 0 N–H and O–H groups in total. The molecule has 0 aliphatic rings. The van der Waals surface area contributed by atoms with Gasteiger partial charge in [0.25, 0.3) is 6.43 Å². The Hall–Kier alpha value is -0.0700. The molecule has 0 radical (unpaired) electrons. The molecule has 0 bridgehead atoms. The minimum absolute atomic E-state index is 0.192. The zero-order chi connectivity index (χ0) is 11.3.